The highest BCUT2D eigenvalue weighted by Gasteiger charge is 2.14. The maximum atomic E-state index is 5.25. The second kappa shape index (κ2) is 4.32. The number of hydrogen-bond acceptors (Lipinski definition) is 2. The van der Waals surface area contributed by atoms with Gasteiger partial charge in [-0.1, -0.05) is 18.8 Å². The molecule has 0 amide bonds. The van der Waals surface area contributed by atoms with Gasteiger partial charge in [0.05, 0.1) is 12.6 Å². The Balaban J connectivity index is 1.97. The van der Waals surface area contributed by atoms with E-state index in [0.29, 0.717) is 12.6 Å². The molecule has 0 spiro atoms. The predicted octanol–water partition coefficient (Wildman–Crippen LogP) is 1.08. The van der Waals surface area contributed by atoms with Crippen LogP contribution < -0.4 is 5.48 Å². The summed E-state index contributed by atoms with van der Waals surface area (Å²) < 4.78 is 0. The molecule has 0 aromatic rings. The molecule has 0 saturated heterocycles. The molecule has 1 N–H and O–H groups in total. The van der Waals surface area contributed by atoms with E-state index in [2.05, 4.69) is 11.4 Å². The molecule has 10 heavy (non-hydrogen) atoms. The Kier molecular flexibility index (Phi) is 3.28. The Bertz CT molecular complexity index is 122. The van der Waals surface area contributed by atoms with Crippen LogP contribution in [0.2, 0.25) is 0 Å². The van der Waals surface area contributed by atoms with Crippen LogP contribution in [0.4, 0.5) is 0 Å². The molecule has 2 heteroatoms. The molecule has 1 saturated carbocycles. The number of hydrogen-bond donors (Lipinski definition) is 1. The van der Waals surface area contributed by atoms with Crippen molar-refractivity contribution in [2.24, 2.45) is 0 Å². The molecule has 1 aliphatic carbocycles. The minimum absolute atomic E-state index is 0.411. The zero-order valence-corrected chi connectivity index (χ0v) is 6.10. The fourth-order valence-corrected chi connectivity index (χ4v) is 1.21. The Hall–Kier alpha value is -0.520. The van der Waals surface area contributed by atoms with Crippen molar-refractivity contribution in [3.8, 4) is 12.3 Å². The van der Waals surface area contributed by atoms with Gasteiger partial charge in [-0.3, -0.25) is 4.84 Å². The average molecular weight is 139 g/mol. The normalized spacial score (nSPS) is 19.1. The fraction of sp³-hybridized carbons (Fsp3) is 0.750. The first-order valence-corrected chi connectivity index (χ1v) is 3.75. The molecule has 0 aromatic heterocycles. The molecule has 0 atom stereocenters. The molecular weight excluding hydrogens is 126 g/mol. The lowest BCUT2D eigenvalue weighted by atomic mass is 10.3. The van der Waals surface area contributed by atoms with E-state index >= 15 is 0 Å². The zero-order chi connectivity index (χ0) is 7.23. The topological polar surface area (TPSA) is 21.3 Å². The van der Waals surface area contributed by atoms with Crippen LogP contribution in [0.15, 0.2) is 0 Å². The van der Waals surface area contributed by atoms with E-state index in [4.69, 9.17) is 11.3 Å². The molecule has 0 aliphatic heterocycles. The Morgan fingerprint density at radius 2 is 2.20 bits per heavy atom. The fourth-order valence-electron chi connectivity index (χ4n) is 1.21. The molecule has 0 aromatic carbocycles. The van der Waals surface area contributed by atoms with Crippen molar-refractivity contribution >= 4 is 0 Å². The first-order valence-electron chi connectivity index (χ1n) is 3.75. The quantitative estimate of drug-likeness (QED) is 0.359. The minimum atomic E-state index is 0.411. The summed E-state index contributed by atoms with van der Waals surface area (Å²) in [5.74, 6) is 2.46. The van der Waals surface area contributed by atoms with E-state index in [1.165, 1.54) is 25.7 Å². The van der Waals surface area contributed by atoms with Gasteiger partial charge in [-0.25, -0.2) is 0 Å². The molecular formula is C8H13NO. The van der Waals surface area contributed by atoms with Crippen LogP contribution in [-0.2, 0) is 4.84 Å². The summed E-state index contributed by atoms with van der Waals surface area (Å²) in [6, 6.07) is 0. The highest BCUT2D eigenvalue weighted by molar-refractivity contribution is 4.84. The predicted molar refractivity (Wildman–Crippen MR) is 40.2 cm³/mol. The molecule has 0 heterocycles. The van der Waals surface area contributed by atoms with Gasteiger partial charge in [-0.15, -0.1) is 6.42 Å². The van der Waals surface area contributed by atoms with Crippen LogP contribution in [0.5, 0.6) is 0 Å². The van der Waals surface area contributed by atoms with Crippen LogP contribution in [0, 0.1) is 12.3 Å². The first-order chi connectivity index (χ1) is 4.93. The van der Waals surface area contributed by atoms with E-state index < -0.39 is 0 Å². The largest absolute Gasteiger partial charge is 0.298 e. The highest BCUT2D eigenvalue weighted by atomic mass is 16.7. The Morgan fingerprint density at radius 3 is 2.80 bits per heavy atom. The van der Waals surface area contributed by atoms with Gasteiger partial charge in [0, 0.05) is 0 Å². The standard InChI is InChI=1S/C8H13NO/c1-2-7-9-10-8-5-3-4-6-8/h1,8-9H,3-7H2. The van der Waals surface area contributed by atoms with E-state index in [0.717, 1.165) is 0 Å². The molecule has 0 unspecified atom stereocenters. The van der Waals surface area contributed by atoms with Crippen molar-refractivity contribution in [2.75, 3.05) is 6.54 Å². The highest BCUT2D eigenvalue weighted by Crippen LogP contribution is 2.19. The lowest BCUT2D eigenvalue weighted by Crippen LogP contribution is -2.21. The Morgan fingerprint density at radius 1 is 1.50 bits per heavy atom. The van der Waals surface area contributed by atoms with Gasteiger partial charge < -0.3 is 0 Å². The molecule has 0 bridgehead atoms. The molecule has 56 valence electrons. The van der Waals surface area contributed by atoms with Gasteiger partial charge >= 0.3 is 0 Å². The van der Waals surface area contributed by atoms with Gasteiger partial charge in [0.1, 0.15) is 0 Å². The van der Waals surface area contributed by atoms with E-state index in [1.54, 1.807) is 0 Å². The lowest BCUT2D eigenvalue weighted by Gasteiger charge is -2.08. The molecule has 1 fully saturated rings. The first kappa shape index (κ1) is 7.59. The van der Waals surface area contributed by atoms with Gasteiger partial charge in [0.2, 0.25) is 0 Å². The van der Waals surface area contributed by atoms with E-state index in [-0.39, 0.29) is 0 Å². The monoisotopic (exact) mass is 139 g/mol. The second-order valence-corrected chi connectivity index (χ2v) is 2.55. The minimum Gasteiger partial charge on any atom is -0.298 e. The SMILES string of the molecule is C#CCNOC1CCCC1. The van der Waals surface area contributed by atoms with Crippen molar-refractivity contribution in [1.82, 2.24) is 5.48 Å². The van der Waals surface area contributed by atoms with Crippen molar-refractivity contribution in [3.05, 3.63) is 0 Å². The van der Waals surface area contributed by atoms with Crippen LogP contribution in [0.3, 0.4) is 0 Å². The van der Waals surface area contributed by atoms with Crippen molar-refractivity contribution in [1.29, 1.82) is 0 Å². The molecule has 0 radical (unpaired) electrons. The smallest absolute Gasteiger partial charge is 0.0818 e. The Labute approximate surface area is 61.9 Å². The van der Waals surface area contributed by atoms with Crippen molar-refractivity contribution < 1.29 is 4.84 Å². The number of terminal acetylenes is 1. The maximum absolute atomic E-state index is 5.25. The second-order valence-electron chi connectivity index (χ2n) is 2.55. The van der Waals surface area contributed by atoms with Crippen molar-refractivity contribution in [3.63, 3.8) is 0 Å². The summed E-state index contributed by atoms with van der Waals surface area (Å²) in [5, 5.41) is 0. The van der Waals surface area contributed by atoms with Gasteiger partial charge in [0.25, 0.3) is 0 Å². The lowest BCUT2D eigenvalue weighted by molar-refractivity contribution is -0.0138. The number of hydroxylamine groups is 1. The van der Waals surface area contributed by atoms with Crippen molar-refractivity contribution in [2.45, 2.75) is 31.8 Å². The third kappa shape index (κ3) is 2.38. The van der Waals surface area contributed by atoms with Crippen LogP contribution in [0.25, 0.3) is 0 Å². The number of rotatable bonds is 3. The summed E-state index contributed by atoms with van der Waals surface area (Å²) in [7, 11) is 0. The van der Waals surface area contributed by atoms with Crippen LogP contribution >= 0.6 is 0 Å². The van der Waals surface area contributed by atoms with Crippen LogP contribution in [0.1, 0.15) is 25.7 Å². The van der Waals surface area contributed by atoms with E-state index in [1.807, 2.05) is 0 Å². The summed E-state index contributed by atoms with van der Waals surface area (Å²) in [5.41, 5.74) is 2.74. The summed E-state index contributed by atoms with van der Waals surface area (Å²) in [6.07, 6.45) is 10.4. The summed E-state index contributed by atoms with van der Waals surface area (Å²) >= 11 is 0. The zero-order valence-electron chi connectivity index (χ0n) is 6.10. The van der Waals surface area contributed by atoms with Gasteiger partial charge in [0.15, 0.2) is 0 Å². The van der Waals surface area contributed by atoms with E-state index in [9.17, 15) is 0 Å². The summed E-state index contributed by atoms with van der Waals surface area (Å²) in [6.45, 7) is 0.510. The molecule has 2 nitrogen and oxygen atoms in total. The number of nitrogens with one attached hydrogen (secondary N) is 1. The molecule has 1 aliphatic rings. The molecule has 1 rings (SSSR count). The third-order valence-electron chi connectivity index (χ3n) is 1.73. The van der Waals surface area contributed by atoms with Crippen LogP contribution in [-0.4, -0.2) is 12.6 Å². The third-order valence-corrected chi connectivity index (χ3v) is 1.73. The van der Waals surface area contributed by atoms with Gasteiger partial charge in [-0.05, 0) is 12.8 Å². The maximum Gasteiger partial charge on any atom is 0.0818 e. The average Bonchev–Trinajstić information content (AvgIpc) is 2.41. The summed E-state index contributed by atoms with van der Waals surface area (Å²) in [4.78, 5) is 5.25. The van der Waals surface area contributed by atoms with Gasteiger partial charge in [-0.2, -0.15) is 5.48 Å².